The molecular formula is C14H20N2O3. The number of nitrogens with zero attached hydrogens (tertiary/aromatic N) is 1. The average molecular weight is 264 g/mol. The van der Waals surface area contributed by atoms with Crippen LogP contribution in [0.25, 0.3) is 0 Å². The maximum Gasteiger partial charge on any atom is 0.255 e. The van der Waals surface area contributed by atoms with Crippen molar-refractivity contribution in [3.8, 4) is 5.75 Å². The molecule has 19 heavy (non-hydrogen) atoms. The zero-order chi connectivity index (χ0) is 13.7. The minimum absolute atomic E-state index is 0.109. The summed E-state index contributed by atoms with van der Waals surface area (Å²) in [5.74, 6) is 0.205. The topological polar surface area (TPSA) is 82.5 Å². The molecule has 0 bridgehead atoms. The summed E-state index contributed by atoms with van der Waals surface area (Å²) in [5, 5.41) is 21.7. The molecule has 1 aliphatic rings. The molecule has 1 aromatic rings. The molecule has 0 spiro atoms. The van der Waals surface area contributed by atoms with Crippen LogP contribution >= 0.6 is 0 Å². The summed E-state index contributed by atoms with van der Waals surface area (Å²) in [7, 11) is 0. The van der Waals surface area contributed by atoms with Gasteiger partial charge in [-0.25, -0.2) is 0 Å². The number of carbonyl (C=O) groups excluding carboxylic acids is 1. The molecule has 1 heterocycles. The molecule has 5 heteroatoms. The van der Waals surface area contributed by atoms with Crippen LogP contribution in [0.15, 0.2) is 18.5 Å². The summed E-state index contributed by atoms with van der Waals surface area (Å²) >= 11 is 0. The third-order valence-electron chi connectivity index (χ3n) is 3.87. The smallest absolute Gasteiger partial charge is 0.255 e. The second-order valence-corrected chi connectivity index (χ2v) is 5.09. The molecule has 2 unspecified atom stereocenters. The first-order valence-corrected chi connectivity index (χ1v) is 6.74. The summed E-state index contributed by atoms with van der Waals surface area (Å²) in [6.45, 7) is 0.729. The van der Waals surface area contributed by atoms with E-state index in [1.165, 1.54) is 18.5 Å². The molecule has 104 valence electrons. The zero-order valence-electron chi connectivity index (χ0n) is 10.9. The van der Waals surface area contributed by atoms with Gasteiger partial charge >= 0.3 is 0 Å². The van der Waals surface area contributed by atoms with Gasteiger partial charge in [-0.2, -0.15) is 0 Å². The number of aliphatic hydroxyl groups is 1. The standard InChI is InChI=1S/C14H20N2O3/c17-9-11-4-2-1-3-10(11)7-16-14(19)12-5-6-15-8-13(12)18/h5-6,8,10-11,17-18H,1-4,7,9H2,(H,16,19). The molecule has 1 amide bonds. The zero-order valence-corrected chi connectivity index (χ0v) is 10.9. The van der Waals surface area contributed by atoms with Gasteiger partial charge in [0.2, 0.25) is 0 Å². The molecule has 0 aromatic carbocycles. The number of nitrogens with one attached hydrogen (secondary N) is 1. The van der Waals surface area contributed by atoms with Crippen molar-refractivity contribution in [1.29, 1.82) is 0 Å². The van der Waals surface area contributed by atoms with E-state index in [9.17, 15) is 15.0 Å². The molecule has 1 aromatic heterocycles. The first kappa shape index (κ1) is 13.8. The van der Waals surface area contributed by atoms with Crippen molar-refractivity contribution in [2.75, 3.05) is 13.2 Å². The quantitative estimate of drug-likeness (QED) is 0.766. The van der Waals surface area contributed by atoms with E-state index in [2.05, 4.69) is 10.3 Å². The molecule has 1 aliphatic carbocycles. The van der Waals surface area contributed by atoms with Gasteiger partial charge in [0, 0.05) is 19.3 Å². The average Bonchev–Trinajstić information content (AvgIpc) is 2.45. The Morgan fingerprint density at radius 2 is 2.11 bits per heavy atom. The highest BCUT2D eigenvalue weighted by Gasteiger charge is 2.25. The second kappa shape index (κ2) is 6.52. The predicted molar refractivity (Wildman–Crippen MR) is 70.8 cm³/mol. The van der Waals surface area contributed by atoms with E-state index in [-0.39, 0.29) is 29.7 Å². The van der Waals surface area contributed by atoms with Gasteiger partial charge in [-0.1, -0.05) is 12.8 Å². The van der Waals surface area contributed by atoms with Gasteiger partial charge in [-0.3, -0.25) is 9.78 Å². The number of aliphatic hydroxyl groups excluding tert-OH is 1. The number of pyridine rings is 1. The van der Waals surface area contributed by atoms with E-state index in [4.69, 9.17) is 0 Å². The van der Waals surface area contributed by atoms with Crippen LogP contribution in [-0.4, -0.2) is 34.3 Å². The lowest BCUT2D eigenvalue weighted by Crippen LogP contribution is -2.35. The minimum Gasteiger partial charge on any atom is -0.505 e. The minimum atomic E-state index is -0.290. The van der Waals surface area contributed by atoms with E-state index < -0.39 is 0 Å². The molecule has 0 saturated heterocycles. The molecule has 5 nitrogen and oxygen atoms in total. The molecule has 0 radical (unpaired) electrons. The highest BCUT2D eigenvalue weighted by atomic mass is 16.3. The van der Waals surface area contributed by atoms with Crippen molar-refractivity contribution in [3.63, 3.8) is 0 Å². The Morgan fingerprint density at radius 1 is 1.37 bits per heavy atom. The normalized spacial score (nSPS) is 23.0. The van der Waals surface area contributed by atoms with E-state index >= 15 is 0 Å². The molecular weight excluding hydrogens is 244 g/mol. The second-order valence-electron chi connectivity index (χ2n) is 5.09. The lowest BCUT2D eigenvalue weighted by Gasteiger charge is -2.30. The molecule has 2 rings (SSSR count). The number of carbonyl (C=O) groups is 1. The van der Waals surface area contributed by atoms with Crippen LogP contribution in [0.1, 0.15) is 36.0 Å². The Kier molecular flexibility index (Phi) is 4.74. The number of rotatable bonds is 4. The van der Waals surface area contributed by atoms with Gasteiger partial charge in [0.25, 0.3) is 5.91 Å². The van der Waals surface area contributed by atoms with E-state index in [1.54, 1.807) is 0 Å². The maximum atomic E-state index is 11.9. The SMILES string of the molecule is O=C(NCC1CCCCC1CO)c1ccncc1O. The van der Waals surface area contributed by atoms with Gasteiger partial charge in [0.05, 0.1) is 11.8 Å². The summed E-state index contributed by atoms with van der Waals surface area (Å²) in [5.41, 5.74) is 0.242. The third kappa shape index (κ3) is 3.44. The fourth-order valence-electron chi connectivity index (χ4n) is 2.69. The van der Waals surface area contributed by atoms with E-state index in [0.29, 0.717) is 12.5 Å². The Morgan fingerprint density at radius 3 is 2.79 bits per heavy atom. The third-order valence-corrected chi connectivity index (χ3v) is 3.87. The molecule has 0 aliphatic heterocycles. The highest BCUT2D eigenvalue weighted by molar-refractivity contribution is 5.96. The summed E-state index contributed by atoms with van der Waals surface area (Å²) in [6, 6.07) is 1.50. The summed E-state index contributed by atoms with van der Waals surface area (Å²) in [6.07, 6.45) is 7.10. The van der Waals surface area contributed by atoms with Crippen LogP contribution in [-0.2, 0) is 0 Å². The number of amides is 1. The van der Waals surface area contributed by atoms with Crippen LogP contribution < -0.4 is 5.32 Å². The van der Waals surface area contributed by atoms with E-state index in [1.807, 2.05) is 0 Å². The van der Waals surface area contributed by atoms with Crippen LogP contribution in [0.2, 0.25) is 0 Å². The number of aromatic hydroxyl groups is 1. The first-order valence-electron chi connectivity index (χ1n) is 6.74. The number of hydrogen-bond acceptors (Lipinski definition) is 4. The van der Waals surface area contributed by atoms with Gasteiger partial charge in [0.1, 0.15) is 5.75 Å². The Bertz CT molecular complexity index is 436. The first-order chi connectivity index (χ1) is 9.22. The number of hydrogen-bond donors (Lipinski definition) is 3. The van der Waals surface area contributed by atoms with Gasteiger partial charge in [-0.15, -0.1) is 0 Å². The van der Waals surface area contributed by atoms with Crippen molar-refractivity contribution in [1.82, 2.24) is 10.3 Å². The molecule has 1 fully saturated rings. The number of aromatic nitrogens is 1. The van der Waals surface area contributed by atoms with Crippen molar-refractivity contribution in [2.24, 2.45) is 11.8 Å². The molecule has 1 saturated carbocycles. The van der Waals surface area contributed by atoms with Crippen molar-refractivity contribution < 1.29 is 15.0 Å². The van der Waals surface area contributed by atoms with Crippen LogP contribution in [0.3, 0.4) is 0 Å². The monoisotopic (exact) mass is 264 g/mol. The largest absolute Gasteiger partial charge is 0.505 e. The fraction of sp³-hybridized carbons (Fsp3) is 0.571. The summed E-state index contributed by atoms with van der Waals surface area (Å²) < 4.78 is 0. The Labute approximate surface area is 112 Å². The Hall–Kier alpha value is -1.62. The predicted octanol–water partition coefficient (Wildman–Crippen LogP) is 1.32. The van der Waals surface area contributed by atoms with Gasteiger partial charge in [0.15, 0.2) is 0 Å². The van der Waals surface area contributed by atoms with Crippen LogP contribution in [0.4, 0.5) is 0 Å². The van der Waals surface area contributed by atoms with Gasteiger partial charge in [-0.05, 0) is 30.7 Å². The van der Waals surface area contributed by atoms with Crippen molar-refractivity contribution in [2.45, 2.75) is 25.7 Å². The van der Waals surface area contributed by atoms with Crippen molar-refractivity contribution >= 4 is 5.91 Å². The van der Waals surface area contributed by atoms with Gasteiger partial charge < -0.3 is 15.5 Å². The lowest BCUT2D eigenvalue weighted by molar-refractivity contribution is 0.0906. The highest BCUT2D eigenvalue weighted by Crippen LogP contribution is 2.29. The van der Waals surface area contributed by atoms with Crippen LogP contribution in [0, 0.1) is 11.8 Å². The van der Waals surface area contributed by atoms with Crippen molar-refractivity contribution in [3.05, 3.63) is 24.0 Å². The molecule has 3 N–H and O–H groups in total. The fourth-order valence-corrected chi connectivity index (χ4v) is 2.69. The Balaban J connectivity index is 1.91. The lowest BCUT2D eigenvalue weighted by atomic mass is 9.79. The van der Waals surface area contributed by atoms with E-state index in [0.717, 1.165) is 25.7 Å². The van der Waals surface area contributed by atoms with Crippen LogP contribution in [0.5, 0.6) is 5.75 Å². The molecule has 2 atom stereocenters. The maximum absolute atomic E-state index is 11.9. The summed E-state index contributed by atoms with van der Waals surface area (Å²) in [4.78, 5) is 15.7.